The number of aromatic nitrogens is 1. The zero-order valence-corrected chi connectivity index (χ0v) is 20.4. The van der Waals surface area contributed by atoms with Crippen LogP contribution in [-0.4, -0.2) is 57.4 Å². The Bertz CT molecular complexity index is 1270. The summed E-state index contributed by atoms with van der Waals surface area (Å²) in [6, 6.07) is 9.54. The highest BCUT2D eigenvalue weighted by atomic mass is 16.5. The summed E-state index contributed by atoms with van der Waals surface area (Å²) in [6.07, 6.45) is 0. The molecule has 2 unspecified atom stereocenters. The quantitative estimate of drug-likeness (QED) is 0.545. The predicted octanol–water partition coefficient (Wildman–Crippen LogP) is 3.57. The third-order valence-corrected chi connectivity index (χ3v) is 6.09. The SMILES string of the molecule is COc1ccc(C2C(C(=O)Nc3cc(C)on3)c3cc(OC)c(OC)cc3C(=O)N2C)cc1OC. The Balaban J connectivity index is 1.90. The van der Waals surface area contributed by atoms with Crippen LogP contribution in [0.15, 0.2) is 40.9 Å². The number of aryl methyl sites for hydroxylation is 1. The van der Waals surface area contributed by atoms with Crippen molar-refractivity contribution in [1.82, 2.24) is 10.1 Å². The predicted molar refractivity (Wildman–Crippen MR) is 127 cm³/mol. The Morgan fingerprint density at radius 1 is 0.943 bits per heavy atom. The van der Waals surface area contributed by atoms with Crippen LogP contribution >= 0.6 is 0 Å². The van der Waals surface area contributed by atoms with Crippen molar-refractivity contribution >= 4 is 17.6 Å². The van der Waals surface area contributed by atoms with E-state index >= 15 is 0 Å². The summed E-state index contributed by atoms with van der Waals surface area (Å²) in [7, 11) is 7.72. The number of hydrogen-bond acceptors (Lipinski definition) is 8. The van der Waals surface area contributed by atoms with Gasteiger partial charge in [-0.15, -0.1) is 0 Å². The van der Waals surface area contributed by atoms with Gasteiger partial charge in [-0.05, 0) is 42.3 Å². The fourth-order valence-electron chi connectivity index (χ4n) is 4.41. The molecular weight excluding hydrogens is 454 g/mol. The molecule has 0 saturated carbocycles. The van der Waals surface area contributed by atoms with Gasteiger partial charge in [0.05, 0.1) is 40.4 Å². The van der Waals surface area contributed by atoms with Crippen LogP contribution in [0.4, 0.5) is 5.82 Å². The Labute approximate surface area is 202 Å². The molecule has 1 aliphatic heterocycles. The minimum absolute atomic E-state index is 0.262. The number of rotatable bonds is 7. The maximum absolute atomic E-state index is 13.7. The van der Waals surface area contributed by atoms with Gasteiger partial charge in [0, 0.05) is 18.7 Å². The number of anilines is 1. The van der Waals surface area contributed by atoms with E-state index < -0.39 is 12.0 Å². The maximum atomic E-state index is 13.7. The molecule has 184 valence electrons. The number of hydrogen-bond donors (Lipinski definition) is 1. The molecule has 2 atom stereocenters. The van der Waals surface area contributed by atoms with Gasteiger partial charge in [0.2, 0.25) is 5.91 Å². The van der Waals surface area contributed by atoms with Crippen LogP contribution in [0.3, 0.4) is 0 Å². The monoisotopic (exact) mass is 481 g/mol. The third-order valence-electron chi connectivity index (χ3n) is 6.09. The molecule has 3 aromatic rings. The lowest BCUT2D eigenvalue weighted by Crippen LogP contribution is -2.44. The number of fused-ring (bicyclic) bond motifs is 1. The number of methoxy groups -OCH3 is 4. The van der Waals surface area contributed by atoms with E-state index in [9.17, 15) is 9.59 Å². The highest BCUT2D eigenvalue weighted by Crippen LogP contribution is 2.47. The van der Waals surface area contributed by atoms with Gasteiger partial charge in [0.25, 0.3) is 5.91 Å². The zero-order chi connectivity index (χ0) is 25.3. The summed E-state index contributed by atoms with van der Waals surface area (Å²) in [5.41, 5.74) is 1.54. The summed E-state index contributed by atoms with van der Waals surface area (Å²) >= 11 is 0. The highest BCUT2D eigenvalue weighted by molar-refractivity contribution is 6.04. The number of nitrogens with zero attached hydrogens (tertiary/aromatic N) is 2. The Kier molecular flexibility index (Phi) is 6.54. The molecule has 0 radical (unpaired) electrons. The molecule has 0 bridgehead atoms. The second kappa shape index (κ2) is 9.57. The number of carbonyl (C=O) groups is 2. The number of carbonyl (C=O) groups excluding carboxylic acids is 2. The third kappa shape index (κ3) is 4.23. The first kappa shape index (κ1) is 23.9. The zero-order valence-electron chi connectivity index (χ0n) is 20.4. The molecule has 35 heavy (non-hydrogen) atoms. The Morgan fingerprint density at radius 2 is 1.57 bits per heavy atom. The van der Waals surface area contributed by atoms with E-state index in [1.54, 1.807) is 51.4 Å². The van der Waals surface area contributed by atoms with Crippen LogP contribution in [0.25, 0.3) is 0 Å². The van der Waals surface area contributed by atoms with E-state index in [2.05, 4.69) is 10.5 Å². The van der Waals surface area contributed by atoms with Crippen LogP contribution in [0, 0.1) is 6.92 Å². The lowest BCUT2D eigenvalue weighted by atomic mass is 9.79. The lowest BCUT2D eigenvalue weighted by Gasteiger charge is -2.40. The van der Waals surface area contributed by atoms with E-state index in [1.165, 1.54) is 26.2 Å². The first-order valence-electron chi connectivity index (χ1n) is 10.8. The van der Waals surface area contributed by atoms with E-state index in [1.807, 2.05) is 6.07 Å². The van der Waals surface area contributed by atoms with Crippen molar-refractivity contribution in [2.24, 2.45) is 0 Å². The van der Waals surface area contributed by atoms with Gasteiger partial charge in [-0.3, -0.25) is 9.59 Å². The van der Waals surface area contributed by atoms with E-state index in [-0.39, 0.29) is 17.6 Å². The van der Waals surface area contributed by atoms with E-state index in [0.717, 1.165) is 0 Å². The molecule has 0 saturated heterocycles. The molecule has 0 fully saturated rings. The number of nitrogens with one attached hydrogen (secondary N) is 1. The number of benzene rings is 2. The molecule has 1 aromatic heterocycles. The molecule has 1 aliphatic rings. The number of likely N-dealkylation sites (N-methyl/N-ethyl adjacent to an activating group) is 1. The van der Waals surface area contributed by atoms with Crippen molar-refractivity contribution in [3.8, 4) is 23.0 Å². The van der Waals surface area contributed by atoms with E-state index in [4.69, 9.17) is 23.5 Å². The van der Waals surface area contributed by atoms with Gasteiger partial charge in [0.1, 0.15) is 5.76 Å². The fraction of sp³-hybridized carbons (Fsp3) is 0.320. The summed E-state index contributed by atoms with van der Waals surface area (Å²) in [4.78, 5) is 28.8. The standard InChI is InChI=1S/C25H27N3O7/c1-13-9-21(27-35-13)26-24(29)22-15-11-19(33-5)20(34-6)12-16(15)25(30)28(2)23(22)14-7-8-17(31-3)18(10-14)32-4/h7-12,22-23H,1-6H3,(H,26,27,29). The number of ether oxygens (including phenoxy) is 4. The van der Waals surface area contributed by atoms with Crippen molar-refractivity contribution in [2.75, 3.05) is 40.8 Å². The summed E-state index contributed by atoms with van der Waals surface area (Å²) in [5, 5.41) is 6.70. The average molecular weight is 482 g/mol. The van der Waals surface area contributed by atoms with Crippen molar-refractivity contribution in [3.05, 3.63) is 58.8 Å². The van der Waals surface area contributed by atoms with E-state index in [0.29, 0.717) is 45.4 Å². The first-order valence-corrected chi connectivity index (χ1v) is 10.8. The molecular formula is C25H27N3O7. The molecule has 1 N–H and O–H groups in total. The molecule has 4 rings (SSSR count). The van der Waals surface area contributed by atoms with Crippen molar-refractivity contribution in [2.45, 2.75) is 18.9 Å². The topological polar surface area (TPSA) is 112 Å². The lowest BCUT2D eigenvalue weighted by molar-refractivity contribution is -0.119. The molecule has 0 spiro atoms. The van der Waals surface area contributed by atoms with Gasteiger partial charge in [-0.2, -0.15) is 0 Å². The largest absolute Gasteiger partial charge is 0.493 e. The Hall–Kier alpha value is -4.21. The van der Waals surface area contributed by atoms with Gasteiger partial charge < -0.3 is 33.7 Å². The molecule has 10 heteroatoms. The summed E-state index contributed by atoms with van der Waals surface area (Å²) in [6.45, 7) is 1.73. The van der Waals surface area contributed by atoms with Crippen LogP contribution in [0.5, 0.6) is 23.0 Å². The van der Waals surface area contributed by atoms with Crippen molar-refractivity contribution in [1.29, 1.82) is 0 Å². The second-order valence-electron chi connectivity index (χ2n) is 8.06. The van der Waals surface area contributed by atoms with Gasteiger partial charge in [-0.1, -0.05) is 11.2 Å². The summed E-state index contributed by atoms with van der Waals surface area (Å²) < 4.78 is 26.8. The first-order chi connectivity index (χ1) is 16.8. The van der Waals surface area contributed by atoms with Gasteiger partial charge >= 0.3 is 0 Å². The van der Waals surface area contributed by atoms with Gasteiger partial charge in [-0.25, -0.2) is 0 Å². The Morgan fingerprint density at radius 3 is 2.17 bits per heavy atom. The average Bonchev–Trinajstić information content (AvgIpc) is 3.28. The minimum atomic E-state index is -0.817. The van der Waals surface area contributed by atoms with Crippen molar-refractivity contribution in [3.63, 3.8) is 0 Å². The van der Waals surface area contributed by atoms with Crippen LogP contribution in [0.1, 0.15) is 39.2 Å². The summed E-state index contributed by atoms with van der Waals surface area (Å²) in [5.74, 6) is 1.20. The fourth-order valence-corrected chi connectivity index (χ4v) is 4.41. The molecule has 0 aliphatic carbocycles. The van der Waals surface area contributed by atoms with Gasteiger partial charge in [0.15, 0.2) is 28.8 Å². The van der Waals surface area contributed by atoms with Crippen molar-refractivity contribution < 1.29 is 33.1 Å². The van der Waals surface area contributed by atoms with Crippen LogP contribution < -0.4 is 24.3 Å². The van der Waals surface area contributed by atoms with Crippen LogP contribution in [0.2, 0.25) is 0 Å². The molecule has 10 nitrogen and oxygen atoms in total. The minimum Gasteiger partial charge on any atom is -0.493 e. The molecule has 2 aromatic carbocycles. The second-order valence-corrected chi connectivity index (χ2v) is 8.06. The van der Waals surface area contributed by atoms with Crippen LogP contribution in [-0.2, 0) is 4.79 Å². The number of amides is 2. The highest BCUT2D eigenvalue weighted by Gasteiger charge is 2.44. The normalized spacial score (nSPS) is 17.0. The molecule has 2 heterocycles. The molecule has 2 amide bonds. The smallest absolute Gasteiger partial charge is 0.254 e. The maximum Gasteiger partial charge on any atom is 0.254 e.